The van der Waals surface area contributed by atoms with Crippen molar-refractivity contribution in [1.82, 2.24) is 20.6 Å². The molecule has 0 radical (unpaired) electrons. The fraction of sp³-hybridized carbons (Fsp3) is 0.333. The quantitative estimate of drug-likeness (QED) is 0.333. The number of alkyl halides is 2. The molecular weight excluding hydrogens is 462 g/mol. The number of fused-ring (bicyclic) bond motifs is 1. The summed E-state index contributed by atoms with van der Waals surface area (Å²) in [5, 5.41) is 4.92. The number of hydrogen-bond acceptors (Lipinski definition) is 6. The second-order valence-electron chi connectivity index (χ2n) is 7.51. The van der Waals surface area contributed by atoms with Gasteiger partial charge in [0.05, 0.1) is 12.0 Å². The zero-order valence-corrected chi connectivity index (χ0v) is 19.3. The van der Waals surface area contributed by atoms with Crippen LogP contribution in [0.5, 0.6) is 11.5 Å². The number of carbonyl (C=O) groups is 2. The van der Waals surface area contributed by atoms with E-state index in [-0.39, 0.29) is 34.9 Å². The smallest absolute Gasteiger partial charge is 0.387 e. The third-order valence-electron chi connectivity index (χ3n) is 5.07. The van der Waals surface area contributed by atoms with E-state index in [4.69, 9.17) is 4.74 Å². The number of rotatable bonds is 10. The number of carbonyl (C=O) groups excluding carboxylic acids is 2. The molecule has 1 aromatic heterocycles. The summed E-state index contributed by atoms with van der Waals surface area (Å²) in [6.45, 7) is 1.15. The summed E-state index contributed by atoms with van der Waals surface area (Å²) in [7, 11) is 0. The van der Waals surface area contributed by atoms with Crippen LogP contribution in [0.1, 0.15) is 54.0 Å². The second-order valence-corrected chi connectivity index (χ2v) is 7.51. The molecule has 35 heavy (non-hydrogen) atoms. The Morgan fingerprint density at radius 1 is 1.00 bits per heavy atom. The monoisotopic (exact) mass is 488 g/mol. The fourth-order valence-corrected chi connectivity index (χ4v) is 3.42. The summed E-state index contributed by atoms with van der Waals surface area (Å²) >= 11 is 0. The maximum Gasteiger partial charge on any atom is 0.387 e. The van der Waals surface area contributed by atoms with E-state index in [2.05, 4.69) is 20.7 Å². The van der Waals surface area contributed by atoms with Crippen molar-refractivity contribution in [2.75, 3.05) is 6.61 Å². The number of benzene rings is 2. The minimum absolute atomic E-state index is 0.0207. The van der Waals surface area contributed by atoms with Gasteiger partial charge in [-0.05, 0) is 37.6 Å². The van der Waals surface area contributed by atoms with Gasteiger partial charge in [-0.3, -0.25) is 25.2 Å². The Balaban J connectivity index is 1.81. The predicted molar refractivity (Wildman–Crippen MR) is 125 cm³/mol. The van der Waals surface area contributed by atoms with Crippen molar-refractivity contribution in [3.05, 3.63) is 64.1 Å². The van der Waals surface area contributed by atoms with E-state index in [1.807, 2.05) is 6.92 Å². The number of hydrazine groups is 1. The van der Waals surface area contributed by atoms with Crippen LogP contribution in [0.3, 0.4) is 0 Å². The normalized spacial score (nSPS) is 10.9. The van der Waals surface area contributed by atoms with Gasteiger partial charge in [0, 0.05) is 17.5 Å². The highest BCUT2D eigenvalue weighted by Gasteiger charge is 2.19. The van der Waals surface area contributed by atoms with Crippen LogP contribution in [0.4, 0.5) is 8.78 Å². The van der Waals surface area contributed by atoms with Crippen LogP contribution in [0.2, 0.25) is 0 Å². The third kappa shape index (κ3) is 6.31. The highest BCUT2D eigenvalue weighted by Crippen LogP contribution is 2.29. The Kier molecular flexibility index (Phi) is 8.71. The van der Waals surface area contributed by atoms with E-state index in [0.717, 1.165) is 19.3 Å². The molecule has 0 unspecified atom stereocenters. The van der Waals surface area contributed by atoms with Gasteiger partial charge >= 0.3 is 6.61 Å². The van der Waals surface area contributed by atoms with Crippen molar-refractivity contribution in [3.8, 4) is 11.5 Å². The summed E-state index contributed by atoms with van der Waals surface area (Å²) in [4.78, 5) is 38.2. The highest BCUT2D eigenvalue weighted by molar-refractivity contribution is 6.06. The van der Waals surface area contributed by atoms with Crippen molar-refractivity contribution in [2.45, 2.75) is 46.3 Å². The third-order valence-corrected chi connectivity index (χ3v) is 5.07. The summed E-state index contributed by atoms with van der Waals surface area (Å²) in [6, 6.07) is 10.2. The summed E-state index contributed by atoms with van der Waals surface area (Å²) in [5.41, 5.74) is 4.28. The number of nitrogens with zero attached hydrogens (tertiary/aromatic N) is 2. The van der Waals surface area contributed by atoms with Crippen molar-refractivity contribution < 1.29 is 27.8 Å². The van der Waals surface area contributed by atoms with E-state index in [0.29, 0.717) is 17.3 Å². The maximum absolute atomic E-state index is 12.9. The first-order valence-corrected chi connectivity index (χ1v) is 11.2. The first kappa shape index (κ1) is 25.6. The molecule has 0 saturated carbocycles. The molecule has 2 aromatic carbocycles. The summed E-state index contributed by atoms with van der Waals surface area (Å²) < 4.78 is 36.1. The lowest BCUT2D eigenvalue weighted by Crippen LogP contribution is -2.42. The molecule has 0 fully saturated rings. The zero-order valence-electron chi connectivity index (χ0n) is 19.3. The molecule has 0 bridgehead atoms. The van der Waals surface area contributed by atoms with Gasteiger partial charge in [-0.1, -0.05) is 38.0 Å². The van der Waals surface area contributed by atoms with Crippen molar-refractivity contribution >= 4 is 22.6 Å². The standard InChI is InChI=1S/C24H26F2N4O5/c1-3-5-8-13-30-23(33)17-10-7-6-9-16(17)20(29-30)22(32)28-27-21(31)15-11-12-18(35-24(25)26)19(14-15)34-4-2/h6-7,9-12,14,24H,3-5,8,13H2,1-2H3,(H,27,31)(H,28,32). The fourth-order valence-electron chi connectivity index (χ4n) is 3.42. The van der Waals surface area contributed by atoms with Crippen LogP contribution in [0.15, 0.2) is 47.3 Å². The van der Waals surface area contributed by atoms with Crippen molar-refractivity contribution in [2.24, 2.45) is 0 Å². The van der Waals surface area contributed by atoms with Gasteiger partial charge in [0.1, 0.15) is 0 Å². The zero-order chi connectivity index (χ0) is 25.4. The molecule has 3 aromatic rings. The largest absolute Gasteiger partial charge is 0.490 e. The second kappa shape index (κ2) is 11.9. The minimum atomic E-state index is -3.05. The lowest BCUT2D eigenvalue weighted by atomic mass is 10.1. The number of aromatic nitrogens is 2. The van der Waals surface area contributed by atoms with E-state index >= 15 is 0 Å². The minimum Gasteiger partial charge on any atom is -0.490 e. The van der Waals surface area contributed by atoms with E-state index in [1.54, 1.807) is 31.2 Å². The van der Waals surface area contributed by atoms with Gasteiger partial charge in [-0.15, -0.1) is 0 Å². The van der Waals surface area contributed by atoms with E-state index < -0.39 is 18.4 Å². The molecule has 0 atom stereocenters. The SMILES string of the molecule is CCCCCn1nc(C(=O)NNC(=O)c2ccc(OC(F)F)c(OCC)c2)c2ccccc2c1=O. The van der Waals surface area contributed by atoms with Crippen molar-refractivity contribution in [3.63, 3.8) is 0 Å². The Labute approximate surface area is 200 Å². The number of nitrogens with one attached hydrogen (secondary N) is 2. The Morgan fingerprint density at radius 3 is 2.40 bits per heavy atom. The molecule has 2 N–H and O–H groups in total. The average Bonchev–Trinajstić information content (AvgIpc) is 2.85. The molecule has 0 spiro atoms. The molecule has 0 aliphatic carbocycles. The molecule has 0 aliphatic rings. The molecule has 11 heteroatoms. The molecule has 0 saturated heterocycles. The number of unbranched alkanes of at least 4 members (excludes halogenated alkanes) is 2. The first-order valence-electron chi connectivity index (χ1n) is 11.2. The van der Waals surface area contributed by atoms with Crippen LogP contribution in [-0.2, 0) is 6.54 Å². The Bertz CT molecular complexity index is 1260. The molecular formula is C24H26F2N4O5. The summed E-state index contributed by atoms with van der Waals surface area (Å²) in [6.07, 6.45) is 2.60. The molecule has 1 heterocycles. The maximum atomic E-state index is 12.9. The number of hydrogen-bond donors (Lipinski definition) is 2. The molecule has 3 rings (SSSR count). The number of halogens is 2. The van der Waals surface area contributed by atoms with Crippen LogP contribution in [-0.4, -0.2) is 34.8 Å². The van der Waals surface area contributed by atoms with Crippen LogP contribution >= 0.6 is 0 Å². The number of amides is 2. The van der Waals surface area contributed by atoms with Gasteiger partial charge in [0.25, 0.3) is 17.4 Å². The Morgan fingerprint density at radius 2 is 1.71 bits per heavy atom. The lowest BCUT2D eigenvalue weighted by molar-refractivity contribution is -0.0514. The van der Waals surface area contributed by atoms with Gasteiger partial charge in [0.15, 0.2) is 17.2 Å². The molecule has 186 valence electrons. The van der Waals surface area contributed by atoms with Gasteiger partial charge < -0.3 is 9.47 Å². The first-order chi connectivity index (χ1) is 16.8. The van der Waals surface area contributed by atoms with Gasteiger partial charge in [0.2, 0.25) is 0 Å². The molecule has 9 nitrogen and oxygen atoms in total. The Hall–Kier alpha value is -4.02. The predicted octanol–water partition coefficient (Wildman–Crippen LogP) is 3.66. The average molecular weight is 488 g/mol. The van der Waals surface area contributed by atoms with Gasteiger partial charge in [-0.25, -0.2) is 4.68 Å². The molecule has 2 amide bonds. The summed E-state index contributed by atoms with van der Waals surface area (Å²) in [5.74, 6) is -1.70. The topological polar surface area (TPSA) is 112 Å². The highest BCUT2D eigenvalue weighted by atomic mass is 19.3. The van der Waals surface area contributed by atoms with Crippen molar-refractivity contribution in [1.29, 1.82) is 0 Å². The van der Waals surface area contributed by atoms with E-state index in [9.17, 15) is 23.2 Å². The molecule has 0 aliphatic heterocycles. The van der Waals surface area contributed by atoms with Crippen LogP contribution in [0, 0.1) is 0 Å². The van der Waals surface area contributed by atoms with Crippen LogP contribution < -0.4 is 25.9 Å². The number of ether oxygens (including phenoxy) is 2. The van der Waals surface area contributed by atoms with E-state index in [1.165, 1.54) is 22.9 Å². The number of aryl methyl sites for hydroxylation is 1. The lowest BCUT2D eigenvalue weighted by Gasteiger charge is -2.14. The van der Waals surface area contributed by atoms with Gasteiger partial charge in [-0.2, -0.15) is 13.9 Å². The van der Waals surface area contributed by atoms with Crippen LogP contribution in [0.25, 0.3) is 10.8 Å².